The third-order valence-electron chi connectivity index (χ3n) is 3.02. The number of aromatic amines is 1. The molecule has 0 amide bonds. The lowest BCUT2D eigenvalue weighted by Crippen LogP contribution is -2.32. The Morgan fingerprint density at radius 1 is 1.67 bits per heavy atom. The molecule has 3 atom stereocenters. The van der Waals surface area contributed by atoms with E-state index in [2.05, 4.69) is 15.0 Å². The van der Waals surface area contributed by atoms with Gasteiger partial charge in [-0.2, -0.15) is 0 Å². The molecular weight excluding hydrogens is 282 g/mol. The van der Waals surface area contributed by atoms with Crippen molar-refractivity contribution in [2.45, 2.75) is 31.7 Å². The van der Waals surface area contributed by atoms with Crippen LogP contribution in [0.1, 0.15) is 19.6 Å². The number of nitrogens with one attached hydrogen (secondary N) is 1. The molecule has 1 saturated heterocycles. The van der Waals surface area contributed by atoms with E-state index in [4.69, 9.17) is 15.0 Å². The van der Waals surface area contributed by atoms with Crippen LogP contribution in [-0.2, 0) is 14.3 Å². The Balaban J connectivity index is 2.19. The maximum Gasteiger partial charge on any atom is 0.330 e. The summed E-state index contributed by atoms with van der Waals surface area (Å²) in [4.78, 5) is 38.4. The molecule has 0 unspecified atom stereocenters. The fraction of sp³-hybridized carbons (Fsp3) is 0.545. The molecule has 0 spiro atoms. The van der Waals surface area contributed by atoms with Crippen molar-refractivity contribution in [3.05, 3.63) is 43.5 Å². The number of nitrogens with zero attached hydrogens (tertiary/aromatic N) is 4. The summed E-state index contributed by atoms with van der Waals surface area (Å²) >= 11 is 0. The molecule has 0 radical (unpaired) electrons. The van der Waals surface area contributed by atoms with Crippen molar-refractivity contribution >= 4 is 5.97 Å². The van der Waals surface area contributed by atoms with Gasteiger partial charge in [-0.05, 0) is 5.53 Å². The van der Waals surface area contributed by atoms with Gasteiger partial charge in [-0.15, -0.1) is 0 Å². The van der Waals surface area contributed by atoms with E-state index in [1.54, 1.807) is 0 Å². The summed E-state index contributed by atoms with van der Waals surface area (Å²) in [5.41, 5.74) is 7.41. The van der Waals surface area contributed by atoms with E-state index in [1.807, 2.05) is 0 Å². The highest BCUT2D eigenvalue weighted by Crippen LogP contribution is 2.30. The lowest BCUT2D eigenvalue weighted by Gasteiger charge is -2.15. The zero-order chi connectivity index (χ0) is 15.4. The Kier molecular flexibility index (Phi) is 4.41. The van der Waals surface area contributed by atoms with E-state index in [9.17, 15) is 14.4 Å². The van der Waals surface area contributed by atoms with Gasteiger partial charge in [0.2, 0.25) is 0 Å². The molecule has 0 aliphatic carbocycles. The van der Waals surface area contributed by atoms with Crippen molar-refractivity contribution in [1.82, 2.24) is 9.55 Å². The first-order chi connectivity index (χ1) is 10.0. The summed E-state index contributed by atoms with van der Waals surface area (Å²) in [6, 6.07) is 0.616. The van der Waals surface area contributed by atoms with Gasteiger partial charge >= 0.3 is 11.7 Å². The van der Waals surface area contributed by atoms with Crippen LogP contribution >= 0.6 is 0 Å². The second-order valence-electron chi connectivity index (χ2n) is 4.46. The molecule has 1 aromatic heterocycles. The summed E-state index contributed by atoms with van der Waals surface area (Å²) in [5.74, 6) is -0.483. The Bertz CT molecular complexity index is 689. The summed E-state index contributed by atoms with van der Waals surface area (Å²) in [5, 5.41) is 3.58. The average Bonchev–Trinajstić information content (AvgIpc) is 2.80. The van der Waals surface area contributed by atoms with Gasteiger partial charge in [0.15, 0.2) is 0 Å². The molecule has 1 aliphatic heterocycles. The van der Waals surface area contributed by atoms with Crippen LogP contribution in [-0.4, -0.2) is 34.3 Å². The highest BCUT2D eigenvalue weighted by Gasteiger charge is 2.36. The van der Waals surface area contributed by atoms with Crippen LogP contribution in [0.25, 0.3) is 10.4 Å². The number of aromatic nitrogens is 2. The smallest absolute Gasteiger partial charge is 0.330 e. The van der Waals surface area contributed by atoms with E-state index >= 15 is 0 Å². The first kappa shape index (κ1) is 14.8. The van der Waals surface area contributed by atoms with E-state index < -0.39 is 35.6 Å². The van der Waals surface area contributed by atoms with Gasteiger partial charge in [-0.25, -0.2) is 4.79 Å². The lowest BCUT2D eigenvalue weighted by molar-refractivity contribution is -0.146. The van der Waals surface area contributed by atoms with E-state index in [0.29, 0.717) is 0 Å². The summed E-state index contributed by atoms with van der Waals surface area (Å²) in [6.07, 6.45) is 0.189. The van der Waals surface area contributed by atoms with Gasteiger partial charge in [0.25, 0.3) is 5.56 Å². The summed E-state index contributed by atoms with van der Waals surface area (Å²) in [6.45, 7) is 1.18. The van der Waals surface area contributed by atoms with Crippen LogP contribution in [0.2, 0.25) is 0 Å². The monoisotopic (exact) mass is 295 g/mol. The van der Waals surface area contributed by atoms with Gasteiger partial charge in [0.1, 0.15) is 18.9 Å². The molecule has 1 aromatic rings. The highest BCUT2D eigenvalue weighted by molar-refractivity contribution is 5.65. The number of ether oxygens (including phenoxy) is 2. The van der Waals surface area contributed by atoms with Crippen LogP contribution in [0.5, 0.6) is 0 Å². The molecule has 2 heterocycles. The largest absolute Gasteiger partial charge is 0.463 e. The molecule has 1 fully saturated rings. The number of esters is 1. The summed E-state index contributed by atoms with van der Waals surface area (Å²) in [7, 11) is 0. The van der Waals surface area contributed by atoms with Crippen molar-refractivity contribution in [3.63, 3.8) is 0 Å². The summed E-state index contributed by atoms with van der Waals surface area (Å²) < 4.78 is 11.6. The van der Waals surface area contributed by atoms with E-state index in [-0.39, 0.29) is 13.0 Å². The van der Waals surface area contributed by atoms with Crippen LogP contribution < -0.4 is 11.2 Å². The van der Waals surface area contributed by atoms with Crippen molar-refractivity contribution in [3.8, 4) is 0 Å². The Labute approximate surface area is 117 Å². The Morgan fingerprint density at radius 2 is 2.43 bits per heavy atom. The van der Waals surface area contributed by atoms with E-state index in [0.717, 1.165) is 0 Å². The molecule has 2 rings (SSSR count). The fourth-order valence-corrected chi connectivity index (χ4v) is 2.08. The quantitative estimate of drug-likeness (QED) is 0.362. The maximum atomic E-state index is 11.7. The molecule has 0 saturated carbocycles. The number of hydrogen-bond acceptors (Lipinski definition) is 6. The molecule has 0 aromatic carbocycles. The maximum absolute atomic E-state index is 11.7. The van der Waals surface area contributed by atoms with Crippen molar-refractivity contribution in [2.75, 3.05) is 6.61 Å². The van der Waals surface area contributed by atoms with Gasteiger partial charge in [-0.1, -0.05) is 5.11 Å². The number of H-pyrrole nitrogens is 1. The van der Waals surface area contributed by atoms with Crippen LogP contribution in [0.3, 0.4) is 0 Å². The highest BCUT2D eigenvalue weighted by atomic mass is 16.6. The van der Waals surface area contributed by atoms with Crippen LogP contribution in [0, 0.1) is 0 Å². The molecule has 10 nitrogen and oxygen atoms in total. The molecule has 1 N–H and O–H groups in total. The lowest BCUT2D eigenvalue weighted by atomic mass is 10.1. The third kappa shape index (κ3) is 3.50. The fourth-order valence-electron chi connectivity index (χ4n) is 2.08. The SMILES string of the molecule is CC(=O)OC[C@@H]1O[C@@H](n2ccc(=O)[nH]c2=O)C[C@H]1N=[N+]=[N-]. The number of carbonyl (C=O) groups excluding carboxylic acids is 1. The minimum atomic E-state index is -0.703. The molecule has 0 bridgehead atoms. The predicted molar refractivity (Wildman–Crippen MR) is 69.4 cm³/mol. The predicted octanol–water partition coefficient (Wildman–Crippen LogP) is 0.0661. The number of hydrogen-bond donors (Lipinski definition) is 1. The second kappa shape index (κ2) is 6.25. The first-order valence-electron chi connectivity index (χ1n) is 6.15. The van der Waals surface area contributed by atoms with Crippen LogP contribution in [0.4, 0.5) is 0 Å². The molecule has 112 valence electrons. The van der Waals surface area contributed by atoms with Crippen molar-refractivity contribution in [1.29, 1.82) is 0 Å². The normalized spacial score (nSPS) is 24.3. The van der Waals surface area contributed by atoms with Gasteiger partial charge in [-0.3, -0.25) is 19.1 Å². The minimum absolute atomic E-state index is 0.0758. The average molecular weight is 295 g/mol. The van der Waals surface area contributed by atoms with Gasteiger partial charge in [0.05, 0.1) is 6.04 Å². The topological polar surface area (TPSA) is 139 Å². The zero-order valence-corrected chi connectivity index (χ0v) is 11.1. The number of azide groups is 1. The van der Waals surface area contributed by atoms with Gasteiger partial charge in [0, 0.05) is 30.5 Å². The van der Waals surface area contributed by atoms with Gasteiger partial charge < -0.3 is 9.47 Å². The molecule has 21 heavy (non-hydrogen) atoms. The molecule has 1 aliphatic rings. The van der Waals surface area contributed by atoms with E-state index in [1.165, 1.54) is 23.8 Å². The molecule has 10 heteroatoms. The van der Waals surface area contributed by atoms with Crippen molar-refractivity contribution in [2.24, 2.45) is 5.11 Å². The molecular formula is C11H13N5O5. The second-order valence-corrected chi connectivity index (χ2v) is 4.46. The number of rotatable bonds is 4. The standard InChI is InChI=1S/C11H13N5O5/c1-6(17)20-5-8-7(14-15-12)4-10(21-8)16-3-2-9(18)13-11(16)19/h2-3,7-8,10H,4-5H2,1H3,(H,13,18,19)/t7-,8+,10-/m1/s1. The zero-order valence-electron chi connectivity index (χ0n) is 11.1. The number of carbonyl (C=O) groups is 1. The van der Waals surface area contributed by atoms with Crippen LogP contribution in [0.15, 0.2) is 27.0 Å². The van der Waals surface area contributed by atoms with Crippen molar-refractivity contribution < 1.29 is 14.3 Å². The third-order valence-corrected chi connectivity index (χ3v) is 3.02. The Morgan fingerprint density at radius 3 is 3.05 bits per heavy atom. The minimum Gasteiger partial charge on any atom is -0.463 e. The first-order valence-corrected chi connectivity index (χ1v) is 6.15. The Hall–Kier alpha value is -2.58.